The number of anilines is 1. The summed E-state index contributed by atoms with van der Waals surface area (Å²) in [6, 6.07) is 22.3. The van der Waals surface area contributed by atoms with E-state index in [1.165, 1.54) is 27.9 Å². The minimum Gasteiger partial charge on any atom is -0.396 e. The maximum absolute atomic E-state index is 13.3. The lowest BCUT2D eigenvalue weighted by molar-refractivity contribution is -0.127. The summed E-state index contributed by atoms with van der Waals surface area (Å²) in [4.78, 5) is 20.4. The highest BCUT2D eigenvalue weighted by Crippen LogP contribution is 2.59. The molecule has 0 bridgehead atoms. The van der Waals surface area contributed by atoms with Gasteiger partial charge in [-0.15, -0.1) is 11.8 Å². The summed E-state index contributed by atoms with van der Waals surface area (Å²) in [6.45, 7) is 1.83. The van der Waals surface area contributed by atoms with Gasteiger partial charge in [0.15, 0.2) is 0 Å². The molecule has 3 aromatic rings. The first-order valence-electron chi connectivity index (χ1n) is 13.6. The molecule has 2 N–H and O–H groups in total. The number of thioether (sulfide) groups is 1. The summed E-state index contributed by atoms with van der Waals surface area (Å²) in [7, 11) is 0. The number of carbonyl (C=O) groups excluding carboxylic acids is 1. The first kappa shape index (κ1) is 23.3. The number of nitrogens with zero attached hydrogens (tertiary/aromatic N) is 2. The Labute approximate surface area is 222 Å². The van der Waals surface area contributed by atoms with Gasteiger partial charge in [0.25, 0.3) is 0 Å². The van der Waals surface area contributed by atoms with Crippen LogP contribution in [0.3, 0.4) is 0 Å². The van der Waals surface area contributed by atoms with Gasteiger partial charge in [-0.25, -0.2) is 4.98 Å². The minimum absolute atomic E-state index is 0.0804. The van der Waals surface area contributed by atoms with Crippen LogP contribution in [0.4, 0.5) is 5.69 Å². The van der Waals surface area contributed by atoms with E-state index in [9.17, 15) is 9.90 Å². The van der Waals surface area contributed by atoms with Crippen LogP contribution in [0.2, 0.25) is 0 Å². The Kier molecular flexibility index (Phi) is 5.97. The largest absolute Gasteiger partial charge is 0.396 e. The Morgan fingerprint density at radius 1 is 0.973 bits per heavy atom. The van der Waals surface area contributed by atoms with Crippen molar-refractivity contribution in [3.8, 4) is 0 Å². The van der Waals surface area contributed by atoms with Crippen molar-refractivity contribution in [1.29, 1.82) is 0 Å². The van der Waals surface area contributed by atoms with E-state index in [0.717, 1.165) is 43.1 Å². The zero-order valence-electron chi connectivity index (χ0n) is 20.9. The normalized spacial score (nSPS) is 29.1. The van der Waals surface area contributed by atoms with Gasteiger partial charge in [0.05, 0.1) is 5.03 Å². The third kappa shape index (κ3) is 3.88. The second kappa shape index (κ2) is 9.48. The van der Waals surface area contributed by atoms with Gasteiger partial charge in [-0.2, -0.15) is 0 Å². The number of nitrogens with one attached hydrogen (secondary N) is 1. The third-order valence-corrected chi connectivity index (χ3v) is 10.3. The molecule has 2 aliphatic heterocycles. The lowest BCUT2D eigenvalue weighted by atomic mass is 9.55. The predicted octanol–water partition coefficient (Wildman–Crippen LogP) is 4.44. The summed E-state index contributed by atoms with van der Waals surface area (Å²) in [5.74, 6) is 2.68. The van der Waals surface area contributed by atoms with Gasteiger partial charge in [0, 0.05) is 55.2 Å². The van der Waals surface area contributed by atoms with E-state index in [-0.39, 0.29) is 18.4 Å². The van der Waals surface area contributed by atoms with Crippen molar-refractivity contribution in [2.75, 3.05) is 24.6 Å². The molecule has 4 aliphatic rings. The Hall–Kier alpha value is -2.83. The van der Waals surface area contributed by atoms with Gasteiger partial charge < -0.3 is 15.3 Å². The highest BCUT2D eigenvalue weighted by Gasteiger charge is 2.60. The molecule has 2 aliphatic carbocycles. The summed E-state index contributed by atoms with van der Waals surface area (Å²) in [5.41, 5.74) is 6.90. The van der Waals surface area contributed by atoms with Crippen molar-refractivity contribution < 1.29 is 9.90 Å². The molecule has 2 aromatic carbocycles. The number of rotatable bonds is 6. The van der Waals surface area contributed by atoms with Crippen molar-refractivity contribution in [2.45, 2.75) is 42.0 Å². The van der Waals surface area contributed by atoms with Crippen LogP contribution in [0.15, 0.2) is 71.9 Å². The monoisotopic (exact) mass is 511 g/mol. The quantitative estimate of drug-likeness (QED) is 0.479. The molecular weight excluding hydrogens is 478 g/mol. The molecule has 7 rings (SSSR count). The second-order valence-electron chi connectivity index (χ2n) is 11.1. The number of carbonyl (C=O) groups is 1. The van der Waals surface area contributed by atoms with Gasteiger partial charge in [-0.1, -0.05) is 42.5 Å². The van der Waals surface area contributed by atoms with Crippen molar-refractivity contribution in [3.05, 3.63) is 89.1 Å². The summed E-state index contributed by atoms with van der Waals surface area (Å²) >= 11 is 1.77. The highest BCUT2D eigenvalue weighted by molar-refractivity contribution is 7.98. The van der Waals surface area contributed by atoms with Crippen molar-refractivity contribution in [1.82, 2.24) is 10.3 Å². The fourth-order valence-corrected chi connectivity index (χ4v) is 8.70. The zero-order valence-corrected chi connectivity index (χ0v) is 21.7. The predicted molar refractivity (Wildman–Crippen MR) is 147 cm³/mol. The van der Waals surface area contributed by atoms with Gasteiger partial charge in [-0.3, -0.25) is 4.79 Å². The van der Waals surface area contributed by atoms with E-state index < -0.39 is 0 Å². The third-order valence-electron chi connectivity index (χ3n) is 9.29. The second-order valence-corrected chi connectivity index (χ2v) is 12.1. The highest BCUT2D eigenvalue weighted by atomic mass is 32.2. The summed E-state index contributed by atoms with van der Waals surface area (Å²) in [5, 5.41) is 14.1. The number of benzene rings is 2. The number of hydrogen-bond donors (Lipinski definition) is 2. The number of aromatic nitrogens is 1. The van der Waals surface area contributed by atoms with Crippen LogP contribution in [-0.4, -0.2) is 41.7 Å². The first-order chi connectivity index (χ1) is 18.2. The molecule has 1 saturated heterocycles. The lowest BCUT2D eigenvalue weighted by Gasteiger charge is -2.51. The topological polar surface area (TPSA) is 65.5 Å². The molecule has 190 valence electrons. The number of aliphatic hydroxyl groups is 1. The molecule has 0 radical (unpaired) electrons. The van der Waals surface area contributed by atoms with Gasteiger partial charge in [0.2, 0.25) is 5.91 Å². The molecule has 6 atom stereocenters. The van der Waals surface area contributed by atoms with E-state index in [0.29, 0.717) is 29.7 Å². The Balaban J connectivity index is 1.28. The molecule has 5 nitrogen and oxygen atoms in total. The van der Waals surface area contributed by atoms with Gasteiger partial charge >= 0.3 is 0 Å². The Morgan fingerprint density at radius 3 is 2.57 bits per heavy atom. The van der Waals surface area contributed by atoms with Crippen LogP contribution in [0, 0.1) is 23.7 Å². The number of pyridine rings is 1. The molecule has 37 heavy (non-hydrogen) atoms. The van der Waals surface area contributed by atoms with Crippen LogP contribution in [0.1, 0.15) is 34.6 Å². The standard InChI is InChI=1S/C31H33N3O2S/c35-13-5-12-34-26-10-9-19(18-37-27-8-3-4-11-32-27)14-24(26)28-25-17-33-31(36)29(25)22-15-20-6-1-2-7-21(20)16-23(22)30(28)34/h1-4,6-11,14,22-23,25,28-30,35H,5,12-13,15-18H2,(H,33,36). The molecule has 0 spiro atoms. The smallest absolute Gasteiger partial charge is 0.223 e. The SMILES string of the molecule is O=C1NCC2C1C1Cc3ccccc3CC1C1C2c2cc(CSc3ccccn3)ccc2N1CCCO. The van der Waals surface area contributed by atoms with E-state index in [4.69, 9.17) is 0 Å². The number of hydrogen-bond acceptors (Lipinski definition) is 5. The van der Waals surface area contributed by atoms with E-state index in [1.54, 1.807) is 11.8 Å². The van der Waals surface area contributed by atoms with Crippen LogP contribution in [0.25, 0.3) is 0 Å². The first-order valence-corrected chi connectivity index (χ1v) is 14.6. The van der Waals surface area contributed by atoms with Crippen LogP contribution in [0.5, 0.6) is 0 Å². The number of fused-ring (bicyclic) bond motifs is 9. The fraction of sp³-hybridized carbons (Fsp3) is 0.419. The van der Waals surface area contributed by atoms with Crippen LogP contribution in [-0.2, 0) is 23.4 Å². The van der Waals surface area contributed by atoms with Crippen molar-refractivity contribution >= 4 is 23.4 Å². The van der Waals surface area contributed by atoms with Crippen molar-refractivity contribution in [2.24, 2.45) is 23.7 Å². The molecule has 1 aromatic heterocycles. The molecule has 1 saturated carbocycles. The van der Waals surface area contributed by atoms with E-state index in [2.05, 4.69) is 63.7 Å². The van der Waals surface area contributed by atoms with Crippen LogP contribution >= 0.6 is 11.8 Å². The molecule has 3 heterocycles. The zero-order chi connectivity index (χ0) is 24.9. The molecule has 2 fully saturated rings. The van der Waals surface area contributed by atoms with Gasteiger partial charge in [0.1, 0.15) is 0 Å². The Bertz CT molecular complexity index is 1310. The average Bonchev–Trinajstić information content (AvgIpc) is 3.48. The Morgan fingerprint density at radius 2 is 1.78 bits per heavy atom. The van der Waals surface area contributed by atoms with Crippen LogP contribution < -0.4 is 10.2 Å². The van der Waals surface area contributed by atoms with Gasteiger partial charge in [-0.05, 0) is 77.5 Å². The molecule has 6 unspecified atom stereocenters. The molecule has 1 amide bonds. The van der Waals surface area contributed by atoms with E-state index >= 15 is 0 Å². The van der Waals surface area contributed by atoms with E-state index in [1.807, 2.05) is 18.3 Å². The van der Waals surface area contributed by atoms with Crippen molar-refractivity contribution in [3.63, 3.8) is 0 Å². The minimum atomic E-state index is 0.0804. The molecule has 6 heteroatoms. The summed E-state index contributed by atoms with van der Waals surface area (Å²) in [6.07, 6.45) is 4.64. The average molecular weight is 512 g/mol. The molecular formula is C31H33N3O2S. The maximum Gasteiger partial charge on any atom is 0.223 e. The number of aliphatic hydroxyl groups excluding tert-OH is 1. The lowest BCUT2D eigenvalue weighted by Crippen LogP contribution is -2.55. The number of amides is 1. The summed E-state index contributed by atoms with van der Waals surface area (Å²) < 4.78 is 0. The maximum atomic E-state index is 13.3. The fourth-order valence-electron chi connectivity index (χ4n) is 7.90.